The summed E-state index contributed by atoms with van der Waals surface area (Å²) in [6.45, 7) is 6.81. The molecule has 0 aliphatic heterocycles. The van der Waals surface area contributed by atoms with Crippen molar-refractivity contribution in [3.63, 3.8) is 0 Å². The molecule has 0 spiro atoms. The number of hydrazine groups is 1. The fraction of sp³-hybridized carbons (Fsp3) is 0.727. The van der Waals surface area contributed by atoms with Crippen LogP contribution in [-0.4, -0.2) is 27.6 Å². The Bertz CT molecular complexity index is 355. The van der Waals surface area contributed by atoms with Crippen LogP contribution in [0.5, 0.6) is 6.01 Å². The molecule has 0 unspecified atom stereocenters. The van der Waals surface area contributed by atoms with E-state index in [1.165, 1.54) is 0 Å². The molecule has 4 N–H and O–H groups in total. The first-order valence-corrected chi connectivity index (χ1v) is 6.35. The van der Waals surface area contributed by atoms with Gasteiger partial charge < -0.3 is 10.1 Å². The van der Waals surface area contributed by atoms with Crippen molar-refractivity contribution in [1.82, 2.24) is 15.0 Å². The van der Waals surface area contributed by atoms with Crippen LogP contribution in [0.1, 0.15) is 40.0 Å². The largest absolute Gasteiger partial charge is 0.463 e. The number of anilines is 2. The van der Waals surface area contributed by atoms with Crippen LogP contribution in [0, 0.1) is 0 Å². The van der Waals surface area contributed by atoms with Gasteiger partial charge in [0.2, 0.25) is 11.9 Å². The average molecular weight is 254 g/mol. The molecule has 1 heterocycles. The minimum atomic E-state index is 0.285. The van der Waals surface area contributed by atoms with Crippen LogP contribution in [0.15, 0.2) is 0 Å². The molecule has 0 aliphatic carbocycles. The van der Waals surface area contributed by atoms with E-state index in [9.17, 15) is 0 Å². The van der Waals surface area contributed by atoms with E-state index >= 15 is 0 Å². The standard InChI is InChI=1S/C11H22N6O/c1-4-7-18-11-15-9(13-8(5-2)6-3)14-10(16-11)17-12/h8H,4-7,12H2,1-3H3,(H2,13,14,15,16,17). The summed E-state index contributed by atoms with van der Waals surface area (Å²) in [6.07, 6.45) is 2.89. The number of nitrogens with one attached hydrogen (secondary N) is 2. The van der Waals surface area contributed by atoms with Crippen molar-refractivity contribution in [2.75, 3.05) is 17.3 Å². The van der Waals surface area contributed by atoms with Gasteiger partial charge in [-0.25, -0.2) is 5.84 Å². The second-order valence-corrected chi connectivity index (χ2v) is 3.92. The molecule has 0 aromatic carbocycles. The fourth-order valence-electron chi connectivity index (χ4n) is 1.42. The molecule has 0 radical (unpaired) electrons. The van der Waals surface area contributed by atoms with Gasteiger partial charge in [-0.15, -0.1) is 0 Å². The van der Waals surface area contributed by atoms with E-state index in [4.69, 9.17) is 10.6 Å². The van der Waals surface area contributed by atoms with Gasteiger partial charge in [-0.3, -0.25) is 5.43 Å². The molecule has 0 bridgehead atoms. The molecule has 0 saturated carbocycles. The highest BCUT2D eigenvalue weighted by atomic mass is 16.5. The zero-order valence-electron chi connectivity index (χ0n) is 11.2. The highest BCUT2D eigenvalue weighted by Gasteiger charge is 2.10. The maximum Gasteiger partial charge on any atom is 0.323 e. The lowest BCUT2D eigenvalue weighted by atomic mass is 10.2. The Morgan fingerprint density at radius 2 is 1.78 bits per heavy atom. The number of hydrogen-bond acceptors (Lipinski definition) is 7. The van der Waals surface area contributed by atoms with Gasteiger partial charge in [0.25, 0.3) is 0 Å². The van der Waals surface area contributed by atoms with Crippen LogP contribution in [0.2, 0.25) is 0 Å². The molecule has 0 aliphatic rings. The summed E-state index contributed by atoms with van der Waals surface area (Å²) in [5.74, 6) is 6.11. The number of nitrogen functional groups attached to an aromatic ring is 1. The van der Waals surface area contributed by atoms with Crippen molar-refractivity contribution in [3.05, 3.63) is 0 Å². The monoisotopic (exact) mass is 254 g/mol. The molecule has 1 aromatic rings. The third kappa shape index (κ3) is 4.33. The summed E-state index contributed by atoms with van der Waals surface area (Å²) >= 11 is 0. The Hall–Kier alpha value is -1.63. The van der Waals surface area contributed by atoms with Gasteiger partial charge in [0.05, 0.1) is 6.61 Å². The number of rotatable bonds is 8. The van der Waals surface area contributed by atoms with Gasteiger partial charge in [-0.05, 0) is 19.3 Å². The van der Waals surface area contributed by atoms with Gasteiger partial charge in [-0.1, -0.05) is 20.8 Å². The lowest BCUT2D eigenvalue weighted by molar-refractivity contribution is 0.292. The zero-order chi connectivity index (χ0) is 13.4. The third-order valence-electron chi connectivity index (χ3n) is 2.50. The Balaban J connectivity index is 2.82. The predicted octanol–water partition coefficient (Wildman–Crippen LogP) is 1.55. The Morgan fingerprint density at radius 1 is 1.11 bits per heavy atom. The summed E-state index contributed by atoms with van der Waals surface area (Å²) in [5.41, 5.74) is 2.41. The van der Waals surface area contributed by atoms with Gasteiger partial charge in [0.15, 0.2) is 0 Å². The third-order valence-corrected chi connectivity index (χ3v) is 2.50. The second-order valence-electron chi connectivity index (χ2n) is 3.92. The predicted molar refractivity (Wildman–Crippen MR) is 71.4 cm³/mol. The Morgan fingerprint density at radius 3 is 2.33 bits per heavy atom. The number of nitrogens with two attached hydrogens (primary N) is 1. The molecule has 7 nitrogen and oxygen atoms in total. The maximum absolute atomic E-state index is 5.39. The van der Waals surface area contributed by atoms with Gasteiger partial charge in [0.1, 0.15) is 0 Å². The van der Waals surface area contributed by atoms with Crippen LogP contribution in [0.4, 0.5) is 11.9 Å². The molecule has 0 fully saturated rings. The molecule has 1 aromatic heterocycles. The topological polar surface area (TPSA) is 98.0 Å². The summed E-state index contributed by atoms with van der Waals surface area (Å²) < 4.78 is 5.39. The van der Waals surface area contributed by atoms with Crippen molar-refractivity contribution < 1.29 is 4.74 Å². The molecule has 18 heavy (non-hydrogen) atoms. The number of ether oxygens (including phenoxy) is 1. The molecule has 7 heteroatoms. The SMILES string of the molecule is CCCOc1nc(NN)nc(NC(CC)CC)n1. The lowest BCUT2D eigenvalue weighted by Crippen LogP contribution is -2.21. The highest BCUT2D eigenvalue weighted by Crippen LogP contribution is 2.13. The molecule has 0 saturated heterocycles. The number of nitrogens with zero attached hydrogens (tertiary/aromatic N) is 3. The van der Waals surface area contributed by atoms with Crippen LogP contribution in [-0.2, 0) is 0 Å². The van der Waals surface area contributed by atoms with Crippen molar-refractivity contribution in [1.29, 1.82) is 0 Å². The van der Waals surface area contributed by atoms with Crippen molar-refractivity contribution in [2.24, 2.45) is 5.84 Å². The van der Waals surface area contributed by atoms with E-state index in [1.54, 1.807) is 0 Å². The Labute approximate surface area is 108 Å². The quantitative estimate of drug-likeness (QED) is 0.478. The van der Waals surface area contributed by atoms with Crippen LogP contribution >= 0.6 is 0 Å². The van der Waals surface area contributed by atoms with Crippen LogP contribution in [0.25, 0.3) is 0 Å². The number of aromatic nitrogens is 3. The fourth-order valence-corrected chi connectivity index (χ4v) is 1.42. The highest BCUT2D eigenvalue weighted by molar-refractivity contribution is 5.35. The Kier molecular flexibility index (Phi) is 6.13. The maximum atomic E-state index is 5.39. The lowest BCUT2D eigenvalue weighted by Gasteiger charge is -2.15. The molecule has 0 amide bonds. The van der Waals surface area contributed by atoms with E-state index in [1.807, 2.05) is 6.92 Å². The van der Waals surface area contributed by atoms with E-state index in [0.29, 0.717) is 24.5 Å². The van der Waals surface area contributed by atoms with Crippen molar-refractivity contribution in [2.45, 2.75) is 46.1 Å². The van der Waals surface area contributed by atoms with Gasteiger partial charge in [0, 0.05) is 6.04 Å². The first-order valence-electron chi connectivity index (χ1n) is 6.35. The summed E-state index contributed by atoms with van der Waals surface area (Å²) in [6, 6.07) is 0.616. The summed E-state index contributed by atoms with van der Waals surface area (Å²) in [5, 5.41) is 3.23. The molecule has 0 atom stereocenters. The van der Waals surface area contributed by atoms with Gasteiger partial charge in [-0.2, -0.15) is 15.0 Å². The van der Waals surface area contributed by atoms with E-state index in [2.05, 4.69) is 39.5 Å². The van der Waals surface area contributed by atoms with Crippen LogP contribution < -0.4 is 21.3 Å². The van der Waals surface area contributed by atoms with E-state index in [-0.39, 0.29) is 6.01 Å². The first-order chi connectivity index (χ1) is 8.73. The average Bonchev–Trinajstić information content (AvgIpc) is 2.42. The summed E-state index contributed by atoms with van der Waals surface area (Å²) in [7, 11) is 0. The summed E-state index contributed by atoms with van der Waals surface area (Å²) in [4.78, 5) is 12.4. The first kappa shape index (κ1) is 14.4. The van der Waals surface area contributed by atoms with Crippen molar-refractivity contribution in [3.8, 4) is 6.01 Å². The van der Waals surface area contributed by atoms with Crippen LogP contribution in [0.3, 0.4) is 0 Å². The van der Waals surface area contributed by atoms with Crippen molar-refractivity contribution >= 4 is 11.9 Å². The molecular formula is C11H22N6O. The smallest absolute Gasteiger partial charge is 0.323 e. The number of hydrogen-bond donors (Lipinski definition) is 3. The normalized spacial score (nSPS) is 10.5. The van der Waals surface area contributed by atoms with Gasteiger partial charge >= 0.3 is 6.01 Å². The molecular weight excluding hydrogens is 232 g/mol. The zero-order valence-corrected chi connectivity index (χ0v) is 11.2. The minimum Gasteiger partial charge on any atom is -0.463 e. The molecule has 1 rings (SSSR count). The second kappa shape index (κ2) is 7.65. The minimum absolute atomic E-state index is 0.285. The van der Waals surface area contributed by atoms with E-state index in [0.717, 1.165) is 19.3 Å². The van der Waals surface area contributed by atoms with E-state index < -0.39 is 0 Å². The molecule has 102 valence electrons.